The van der Waals surface area contributed by atoms with Crippen molar-refractivity contribution in [1.29, 1.82) is 0 Å². The smallest absolute Gasteiger partial charge is 0.307 e. The van der Waals surface area contributed by atoms with E-state index in [4.69, 9.17) is 0 Å². The third kappa shape index (κ3) is 3.16. The summed E-state index contributed by atoms with van der Waals surface area (Å²) in [5, 5.41) is 9.58. The predicted molar refractivity (Wildman–Crippen MR) is 67.8 cm³/mol. The monoisotopic (exact) mass is 242 g/mol. The number of carbonyl (C=O) groups is 1. The van der Waals surface area contributed by atoms with Crippen molar-refractivity contribution in [2.75, 3.05) is 5.75 Å². The maximum atomic E-state index is 11.1. The van der Waals surface area contributed by atoms with Gasteiger partial charge in [0.05, 0.1) is 5.92 Å². The molecule has 2 fully saturated rings. The van der Waals surface area contributed by atoms with E-state index in [2.05, 4.69) is 0 Å². The summed E-state index contributed by atoms with van der Waals surface area (Å²) in [7, 11) is 0. The third-order valence-corrected chi connectivity index (χ3v) is 5.70. The van der Waals surface area contributed by atoms with Crippen LogP contribution in [-0.2, 0) is 4.79 Å². The predicted octanol–water partition coefficient (Wildman–Crippen LogP) is 3.55. The van der Waals surface area contributed by atoms with Crippen molar-refractivity contribution in [2.45, 2.75) is 56.6 Å². The second-order valence-electron chi connectivity index (χ2n) is 5.25. The van der Waals surface area contributed by atoms with Crippen molar-refractivity contribution >= 4 is 17.7 Å². The van der Waals surface area contributed by atoms with Crippen molar-refractivity contribution in [3.63, 3.8) is 0 Å². The molecular formula is C13H22O2S. The molecule has 0 heterocycles. The fourth-order valence-corrected chi connectivity index (χ4v) is 4.69. The van der Waals surface area contributed by atoms with Crippen LogP contribution in [0.1, 0.15) is 51.4 Å². The van der Waals surface area contributed by atoms with Gasteiger partial charge in [0.2, 0.25) is 0 Å². The van der Waals surface area contributed by atoms with Crippen LogP contribution in [0.25, 0.3) is 0 Å². The van der Waals surface area contributed by atoms with Crippen LogP contribution in [0.2, 0.25) is 0 Å². The molecule has 2 unspecified atom stereocenters. The average molecular weight is 242 g/mol. The summed E-state index contributed by atoms with van der Waals surface area (Å²) in [6.45, 7) is 0. The summed E-state index contributed by atoms with van der Waals surface area (Å²) < 4.78 is 0. The highest BCUT2D eigenvalue weighted by Crippen LogP contribution is 2.37. The summed E-state index contributed by atoms with van der Waals surface area (Å²) in [6, 6.07) is 0. The number of hydrogen-bond donors (Lipinski definition) is 1. The van der Waals surface area contributed by atoms with Crippen molar-refractivity contribution in [3.05, 3.63) is 0 Å². The Morgan fingerprint density at radius 2 is 1.69 bits per heavy atom. The summed E-state index contributed by atoms with van der Waals surface area (Å²) in [4.78, 5) is 11.1. The number of rotatable bonds is 4. The SMILES string of the molecule is O=C(O)C1CCCCC1SCC1CCCC1. The van der Waals surface area contributed by atoms with E-state index < -0.39 is 5.97 Å². The third-order valence-electron chi connectivity index (χ3n) is 4.04. The van der Waals surface area contributed by atoms with E-state index in [0.717, 1.165) is 25.2 Å². The zero-order chi connectivity index (χ0) is 11.4. The van der Waals surface area contributed by atoms with Crippen LogP contribution >= 0.6 is 11.8 Å². The maximum absolute atomic E-state index is 11.1. The van der Waals surface area contributed by atoms with Crippen molar-refractivity contribution in [2.24, 2.45) is 11.8 Å². The van der Waals surface area contributed by atoms with Gasteiger partial charge in [-0.2, -0.15) is 11.8 Å². The molecular weight excluding hydrogens is 220 g/mol. The van der Waals surface area contributed by atoms with E-state index in [1.807, 2.05) is 11.8 Å². The first kappa shape index (κ1) is 12.3. The Morgan fingerprint density at radius 1 is 1.06 bits per heavy atom. The van der Waals surface area contributed by atoms with Gasteiger partial charge >= 0.3 is 5.97 Å². The second-order valence-corrected chi connectivity index (χ2v) is 6.52. The lowest BCUT2D eigenvalue weighted by Crippen LogP contribution is -2.29. The lowest BCUT2D eigenvalue weighted by molar-refractivity contribution is -0.142. The molecule has 0 aromatic carbocycles. The second kappa shape index (κ2) is 5.95. The zero-order valence-corrected chi connectivity index (χ0v) is 10.7. The van der Waals surface area contributed by atoms with Crippen LogP contribution in [0, 0.1) is 11.8 Å². The Labute approximate surface area is 102 Å². The minimum absolute atomic E-state index is 0.0693. The number of thioether (sulfide) groups is 1. The van der Waals surface area contributed by atoms with Crippen LogP contribution in [-0.4, -0.2) is 22.1 Å². The number of hydrogen-bond acceptors (Lipinski definition) is 2. The molecule has 2 rings (SSSR count). The highest BCUT2D eigenvalue weighted by atomic mass is 32.2. The average Bonchev–Trinajstić information content (AvgIpc) is 2.79. The minimum atomic E-state index is -0.566. The molecule has 92 valence electrons. The van der Waals surface area contributed by atoms with E-state index in [1.54, 1.807) is 0 Å². The molecule has 0 aliphatic heterocycles. The van der Waals surface area contributed by atoms with Gasteiger partial charge in [-0.3, -0.25) is 4.79 Å². The summed E-state index contributed by atoms with van der Waals surface area (Å²) in [5.74, 6) is 1.44. The summed E-state index contributed by atoms with van der Waals surface area (Å²) in [6.07, 6.45) is 9.88. The lowest BCUT2D eigenvalue weighted by Gasteiger charge is -2.28. The van der Waals surface area contributed by atoms with Gasteiger partial charge in [0.15, 0.2) is 0 Å². The van der Waals surface area contributed by atoms with Crippen LogP contribution in [0.4, 0.5) is 0 Å². The van der Waals surface area contributed by atoms with Gasteiger partial charge in [0.25, 0.3) is 0 Å². The Bertz CT molecular complexity index is 236. The first-order valence-corrected chi connectivity index (χ1v) is 7.66. The van der Waals surface area contributed by atoms with Crippen molar-refractivity contribution in [3.8, 4) is 0 Å². The van der Waals surface area contributed by atoms with Gasteiger partial charge < -0.3 is 5.11 Å². The summed E-state index contributed by atoms with van der Waals surface area (Å²) in [5.41, 5.74) is 0. The molecule has 1 N–H and O–H groups in total. The van der Waals surface area contributed by atoms with Crippen LogP contribution in [0.15, 0.2) is 0 Å². The maximum Gasteiger partial charge on any atom is 0.307 e. The van der Waals surface area contributed by atoms with E-state index in [-0.39, 0.29) is 5.92 Å². The van der Waals surface area contributed by atoms with Crippen molar-refractivity contribution < 1.29 is 9.90 Å². The molecule has 2 aliphatic rings. The van der Waals surface area contributed by atoms with Gasteiger partial charge in [-0.1, -0.05) is 25.7 Å². The Kier molecular flexibility index (Phi) is 4.56. The molecule has 16 heavy (non-hydrogen) atoms. The van der Waals surface area contributed by atoms with Crippen LogP contribution in [0.3, 0.4) is 0 Å². The van der Waals surface area contributed by atoms with E-state index in [9.17, 15) is 9.90 Å². The molecule has 2 nitrogen and oxygen atoms in total. The summed E-state index contributed by atoms with van der Waals surface area (Å²) >= 11 is 1.95. The topological polar surface area (TPSA) is 37.3 Å². The molecule has 0 amide bonds. The Morgan fingerprint density at radius 3 is 2.38 bits per heavy atom. The molecule has 0 saturated heterocycles. The van der Waals surface area contributed by atoms with Gasteiger partial charge in [-0.25, -0.2) is 0 Å². The van der Waals surface area contributed by atoms with E-state index in [0.29, 0.717) is 5.25 Å². The van der Waals surface area contributed by atoms with Gasteiger partial charge in [0.1, 0.15) is 0 Å². The minimum Gasteiger partial charge on any atom is -0.481 e. The molecule has 0 aromatic heterocycles. The van der Waals surface area contributed by atoms with Crippen molar-refractivity contribution in [1.82, 2.24) is 0 Å². The molecule has 2 aliphatic carbocycles. The zero-order valence-electron chi connectivity index (χ0n) is 9.86. The highest BCUT2D eigenvalue weighted by Gasteiger charge is 2.31. The van der Waals surface area contributed by atoms with Gasteiger partial charge in [-0.15, -0.1) is 0 Å². The normalized spacial score (nSPS) is 31.8. The van der Waals surface area contributed by atoms with Gasteiger partial charge in [-0.05, 0) is 37.4 Å². The molecule has 2 saturated carbocycles. The number of carboxylic acid groups (broad SMARTS) is 1. The Balaban J connectivity index is 1.78. The molecule has 0 spiro atoms. The molecule has 0 radical (unpaired) electrons. The standard InChI is InChI=1S/C13H22O2S/c14-13(15)11-7-3-4-8-12(11)16-9-10-5-1-2-6-10/h10-12H,1-9H2,(H,14,15). The molecule has 3 heteroatoms. The first-order valence-electron chi connectivity index (χ1n) is 6.62. The van der Waals surface area contributed by atoms with Crippen LogP contribution in [0.5, 0.6) is 0 Å². The quantitative estimate of drug-likeness (QED) is 0.819. The van der Waals surface area contributed by atoms with Crippen LogP contribution < -0.4 is 0 Å². The van der Waals surface area contributed by atoms with Gasteiger partial charge in [0, 0.05) is 5.25 Å². The number of carboxylic acids is 1. The highest BCUT2D eigenvalue weighted by molar-refractivity contribution is 7.99. The Hall–Kier alpha value is -0.180. The fourth-order valence-electron chi connectivity index (χ4n) is 3.02. The fraction of sp³-hybridized carbons (Fsp3) is 0.923. The number of aliphatic carboxylic acids is 1. The van der Waals surface area contributed by atoms with E-state index in [1.165, 1.54) is 37.9 Å². The molecule has 0 aromatic rings. The largest absolute Gasteiger partial charge is 0.481 e. The molecule has 0 bridgehead atoms. The lowest BCUT2D eigenvalue weighted by atomic mass is 9.89. The molecule has 2 atom stereocenters. The first-order chi connectivity index (χ1) is 7.77. The van der Waals surface area contributed by atoms with E-state index >= 15 is 0 Å².